The summed E-state index contributed by atoms with van der Waals surface area (Å²) in [6.45, 7) is 13.5. The minimum Gasteiger partial charge on any atom is -0.478 e. The van der Waals surface area contributed by atoms with Gasteiger partial charge in [0, 0.05) is 18.7 Å². The van der Waals surface area contributed by atoms with Crippen molar-refractivity contribution in [2.24, 2.45) is 11.8 Å². The number of amides is 2. The van der Waals surface area contributed by atoms with Gasteiger partial charge in [-0.25, -0.2) is 4.79 Å². The summed E-state index contributed by atoms with van der Waals surface area (Å²) in [5, 5.41) is 15.9. The molecular weight excluding hydrogens is 406 g/mol. The Balaban J connectivity index is 3.25. The summed E-state index contributed by atoms with van der Waals surface area (Å²) in [6, 6.07) is -0.838. The van der Waals surface area contributed by atoms with Gasteiger partial charge in [-0.3, -0.25) is 9.59 Å². The second-order valence-electron chi connectivity index (χ2n) is 9.92. The monoisotopic (exact) mass is 451 g/mol. The summed E-state index contributed by atoms with van der Waals surface area (Å²) in [5.41, 5.74) is -0.511. The predicted octanol–water partition coefficient (Wildman–Crippen LogP) is 3.73. The number of hydrogen-bond donors (Lipinski definition) is 3. The summed E-state index contributed by atoms with van der Waals surface area (Å²) in [6.07, 6.45) is 6.82. The van der Waals surface area contributed by atoms with E-state index >= 15 is 0 Å². The average molecular weight is 452 g/mol. The van der Waals surface area contributed by atoms with Gasteiger partial charge in [-0.05, 0) is 58.3 Å². The Hall–Kier alpha value is -1.89. The van der Waals surface area contributed by atoms with E-state index in [-0.39, 0.29) is 41.3 Å². The lowest BCUT2D eigenvalue weighted by Crippen LogP contribution is -2.63. The predicted molar refractivity (Wildman–Crippen MR) is 128 cm³/mol. The molecule has 1 rings (SSSR count). The maximum Gasteiger partial charge on any atom is 0.331 e. The van der Waals surface area contributed by atoms with Crippen molar-refractivity contribution >= 4 is 17.8 Å². The molecule has 1 aliphatic carbocycles. The molecule has 2 amide bonds. The molecule has 7 heteroatoms. The maximum absolute atomic E-state index is 13.7. The van der Waals surface area contributed by atoms with Gasteiger partial charge in [0.05, 0.1) is 11.6 Å². The third-order valence-electron chi connectivity index (χ3n) is 6.87. The van der Waals surface area contributed by atoms with Crippen LogP contribution in [0.15, 0.2) is 11.6 Å². The molecular formula is C25H45N3O4. The lowest BCUT2D eigenvalue weighted by Gasteiger charge is -2.38. The maximum atomic E-state index is 13.7. The highest BCUT2D eigenvalue weighted by Crippen LogP contribution is 2.30. The number of carbonyl (C=O) groups excluding carboxylic acids is 2. The normalized spacial score (nSPS) is 17.5. The van der Waals surface area contributed by atoms with Gasteiger partial charge in [-0.2, -0.15) is 0 Å². The fraction of sp³-hybridized carbons (Fsp3) is 0.800. The van der Waals surface area contributed by atoms with Crippen molar-refractivity contribution in [2.75, 3.05) is 7.05 Å². The Labute approximate surface area is 194 Å². The van der Waals surface area contributed by atoms with Crippen LogP contribution in [0.4, 0.5) is 0 Å². The van der Waals surface area contributed by atoms with Gasteiger partial charge in [0.25, 0.3) is 0 Å². The first kappa shape index (κ1) is 28.1. The number of likely N-dealkylation sites (N-methyl/N-ethyl adjacent to an activating group) is 1. The fourth-order valence-corrected chi connectivity index (χ4v) is 4.79. The molecule has 0 aromatic rings. The smallest absolute Gasteiger partial charge is 0.331 e. The molecule has 0 bridgehead atoms. The van der Waals surface area contributed by atoms with E-state index in [0.29, 0.717) is 12.8 Å². The molecule has 0 unspecified atom stereocenters. The summed E-state index contributed by atoms with van der Waals surface area (Å²) in [5.74, 6) is -1.15. The first-order chi connectivity index (χ1) is 14.9. The molecule has 0 heterocycles. The fourth-order valence-electron chi connectivity index (χ4n) is 4.79. The van der Waals surface area contributed by atoms with Gasteiger partial charge in [0.1, 0.15) is 6.04 Å². The van der Waals surface area contributed by atoms with Crippen LogP contribution in [0, 0.1) is 11.8 Å². The highest BCUT2D eigenvalue weighted by Gasteiger charge is 2.41. The first-order valence-electron chi connectivity index (χ1n) is 12.2. The molecule has 0 saturated heterocycles. The largest absolute Gasteiger partial charge is 0.478 e. The average Bonchev–Trinajstić information content (AvgIpc) is 3.26. The second kappa shape index (κ2) is 12.4. The van der Waals surface area contributed by atoms with Crippen LogP contribution in [0.2, 0.25) is 0 Å². The van der Waals surface area contributed by atoms with Crippen LogP contribution in [0.5, 0.6) is 0 Å². The zero-order valence-corrected chi connectivity index (χ0v) is 21.3. The Kier molecular flexibility index (Phi) is 10.9. The van der Waals surface area contributed by atoms with Gasteiger partial charge in [-0.1, -0.05) is 46.6 Å². The van der Waals surface area contributed by atoms with Crippen LogP contribution >= 0.6 is 0 Å². The van der Waals surface area contributed by atoms with Crippen LogP contribution in [-0.4, -0.2) is 58.5 Å². The number of carboxylic acids is 1. The third kappa shape index (κ3) is 7.06. The molecule has 0 aromatic carbocycles. The molecule has 1 aliphatic rings. The number of carbonyl (C=O) groups is 3. The minimum absolute atomic E-state index is 0.0335. The molecule has 0 aromatic heterocycles. The number of rotatable bonds is 12. The lowest BCUT2D eigenvalue weighted by atomic mass is 9.88. The molecule has 0 spiro atoms. The van der Waals surface area contributed by atoms with E-state index < -0.39 is 17.6 Å². The van der Waals surface area contributed by atoms with Crippen molar-refractivity contribution in [1.82, 2.24) is 15.5 Å². The standard InChI is InChI=1S/C25H45N3O4/c1-9-25(10-2,27-17(5)6)24(32)26-21(19-13-11-12-14-19)22(29)28(8)20(16(3)4)15-18(7)23(30)31/h15-17,19-21,27H,9-14H2,1-8H3,(H,26,32)(H,30,31)/b18-15+/t20-,21+/m1/s1. The highest BCUT2D eigenvalue weighted by atomic mass is 16.4. The molecule has 1 saturated carbocycles. The van der Waals surface area contributed by atoms with E-state index in [4.69, 9.17) is 0 Å². The van der Waals surface area contributed by atoms with Crippen molar-refractivity contribution in [2.45, 2.75) is 111 Å². The van der Waals surface area contributed by atoms with Crippen molar-refractivity contribution in [3.63, 3.8) is 0 Å². The molecule has 3 N–H and O–H groups in total. The zero-order chi connectivity index (χ0) is 24.6. The van der Waals surface area contributed by atoms with Gasteiger partial charge in [-0.15, -0.1) is 0 Å². The molecule has 184 valence electrons. The second-order valence-corrected chi connectivity index (χ2v) is 9.92. The van der Waals surface area contributed by atoms with Crippen LogP contribution in [-0.2, 0) is 14.4 Å². The number of nitrogens with zero attached hydrogens (tertiary/aromatic N) is 1. The molecule has 0 aliphatic heterocycles. The Morgan fingerprint density at radius 3 is 2.03 bits per heavy atom. The van der Waals surface area contributed by atoms with Gasteiger partial charge in [0.2, 0.25) is 11.8 Å². The highest BCUT2D eigenvalue weighted by molar-refractivity contribution is 5.92. The summed E-state index contributed by atoms with van der Waals surface area (Å²) >= 11 is 0. The van der Waals surface area contributed by atoms with Gasteiger partial charge >= 0.3 is 5.97 Å². The molecule has 32 heavy (non-hydrogen) atoms. The van der Waals surface area contributed by atoms with Crippen molar-refractivity contribution in [3.8, 4) is 0 Å². The van der Waals surface area contributed by atoms with Crippen LogP contribution in [0.3, 0.4) is 0 Å². The van der Waals surface area contributed by atoms with Gasteiger partial charge < -0.3 is 20.6 Å². The van der Waals surface area contributed by atoms with E-state index in [9.17, 15) is 19.5 Å². The van der Waals surface area contributed by atoms with E-state index in [2.05, 4.69) is 10.6 Å². The summed E-state index contributed by atoms with van der Waals surface area (Å²) in [4.78, 5) is 40.2. The Bertz CT molecular complexity index is 677. The molecule has 1 fully saturated rings. The number of hydrogen-bond acceptors (Lipinski definition) is 4. The van der Waals surface area contributed by atoms with E-state index in [1.807, 2.05) is 41.5 Å². The number of carboxylic acid groups (broad SMARTS) is 1. The van der Waals surface area contributed by atoms with Crippen LogP contribution < -0.4 is 10.6 Å². The molecule has 2 atom stereocenters. The minimum atomic E-state index is -0.993. The van der Waals surface area contributed by atoms with Crippen molar-refractivity contribution in [3.05, 3.63) is 11.6 Å². The molecule has 0 radical (unpaired) electrons. The lowest BCUT2D eigenvalue weighted by molar-refractivity contribution is -0.140. The Morgan fingerprint density at radius 1 is 1.09 bits per heavy atom. The number of nitrogens with one attached hydrogen (secondary N) is 2. The summed E-state index contributed by atoms with van der Waals surface area (Å²) < 4.78 is 0. The van der Waals surface area contributed by atoms with Gasteiger partial charge in [0.15, 0.2) is 0 Å². The van der Waals surface area contributed by atoms with Crippen molar-refractivity contribution in [1.29, 1.82) is 0 Å². The third-order valence-corrected chi connectivity index (χ3v) is 6.87. The van der Waals surface area contributed by atoms with Crippen LogP contribution in [0.25, 0.3) is 0 Å². The first-order valence-corrected chi connectivity index (χ1v) is 12.2. The van der Waals surface area contributed by atoms with E-state index in [0.717, 1.165) is 25.7 Å². The topological polar surface area (TPSA) is 98.7 Å². The van der Waals surface area contributed by atoms with Crippen molar-refractivity contribution < 1.29 is 19.5 Å². The molecule has 7 nitrogen and oxygen atoms in total. The number of aliphatic carboxylic acids is 1. The van der Waals surface area contributed by atoms with Crippen LogP contribution in [0.1, 0.15) is 87.0 Å². The van der Waals surface area contributed by atoms with E-state index in [1.165, 1.54) is 0 Å². The summed E-state index contributed by atoms with van der Waals surface area (Å²) in [7, 11) is 1.71. The van der Waals surface area contributed by atoms with E-state index in [1.54, 1.807) is 24.9 Å². The quantitative estimate of drug-likeness (QED) is 0.393. The SMILES string of the molecule is CCC(CC)(NC(C)C)C(=O)N[C@H](C(=O)N(C)[C@H](/C=C(\C)C(=O)O)C(C)C)C1CCCC1. The zero-order valence-electron chi connectivity index (χ0n) is 21.3. The Morgan fingerprint density at radius 2 is 1.62 bits per heavy atom.